The van der Waals surface area contributed by atoms with Crippen LogP contribution in [0.5, 0.6) is 5.88 Å². The molecule has 1 heterocycles. The number of ketones is 1. The first-order valence-corrected chi connectivity index (χ1v) is 6.35. The summed E-state index contributed by atoms with van der Waals surface area (Å²) in [7, 11) is 1.41. The van der Waals surface area contributed by atoms with Crippen LogP contribution in [0.4, 0.5) is 8.78 Å². The van der Waals surface area contributed by atoms with Gasteiger partial charge in [0.1, 0.15) is 17.3 Å². The van der Waals surface area contributed by atoms with Crippen molar-refractivity contribution in [2.24, 2.45) is 0 Å². The predicted molar refractivity (Wildman–Crippen MR) is 70.7 cm³/mol. The average Bonchev–Trinajstić information content (AvgIpc) is 2.47. The first kappa shape index (κ1) is 14.5. The molecule has 0 bridgehead atoms. The molecular weight excluding hydrogens is 334 g/mol. The van der Waals surface area contributed by atoms with Gasteiger partial charge in [-0.25, -0.2) is 8.78 Å². The number of hydrogen-bond acceptors (Lipinski definition) is 4. The van der Waals surface area contributed by atoms with E-state index in [1.165, 1.54) is 25.3 Å². The fourth-order valence-electron chi connectivity index (χ4n) is 1.56. The van der Waals surface area contributed by atoms with Crippen molar-refractivity contribution in [3.05, 3.63) is 51.6 Å². The van der Waals surface area contributed by atoms with Gasteiger partial charge in [0.25, 0.3) is 0 Å². The van der Waals surface area contributed by atoms with Gasteiger partial charge in [-0.15, -0.1) is 10.2 Å². The number of rotatable bonds is 4. The van der Waals surface area contributed by atoms with Gasteiger partial charge in [-0.05, 0) is 34.1 Å². The molecule has 0 saturated carbocycles. The standard InChI is InChI=1S/C13H9BrF2N2O2/c1-20-12-5-4-10(17-18-12)11(19)6-7-9(15)3-2-8(14)13(7)16/h2-5H,6H2,1H3. The smallest absolute Gasteiger partial charge is 0.233 e. The molecule has 0 atom stereocenters. The number of aromatic nitrogens is 2. The molecule has 0 amide bonds. The van der Waals surface area contributed by atoms with Crippen LogP contribution in [-0.2, 0) is 6.42 Å². The number of carbonyl (C=O) groups excluding carboxylic acids is 1. The van der Waals surface area contributed by atoms with Gasteiger partial charge in [0.05, 0.1) is 11.6 Å². The number of Topliss-reactive ketones (excluding diaryl/α,β-unsaturated/α-hetero) is 1. The maximum atomic E-state index is 13.8. The first-order valence-electron chi connectivity index (χ1n) is 5.56. The zero-order valence-electron chi connectivity index (χ0n) is 10.4. The molecule has 20 heavy (non-hydrogen) atoms. The Bertz CT molecular complexity index is 648. The summed E-state index contributed by atoms with van der Waals surface area (Å²) in [6, 6.07) is 5.18. The normalized spacial score (nSPS) is 10.4. The molecule has 0 aliphatic rings. The van der Waals surface area contributed by atoms with Crippen LogP contribution in [0.2, 0.25) is 0 Å². The van der Waals surface area contributed by atoms with E-state index in [0.717, 1.165) is 6.07 Å². The van der Waals surface area contributed by atoms with Gasteiger partial charge in [0.2, 0.25) is 5.88 Å². The van der Waals surface area contributed by atoms with Gasteiger partial charge in [-0.3, -0.25) is 4.79 Å². The second kappa shape index (κ2) is 6.04. The van der Waals surface area contributed by atoms with Crippen LogP contribution >= 0.6 is 15.9 Å². The summed E-state index contributed by atoms with van der Waals surface area (Å²) in [4.78, 5) is 11.9. The average molecular weight is 343 g/mol. The molecule has 0 saturated heterocycles. The second-order valence-electron chi connectivity index (χ2n) is 3.88. The Kier molecular flexibility index (Phi) is 4.39. The molecule has 0 N–H and O–H groups in total. The quantitative estimate of drug-likeness (QED) is 0.633. The molecule has 4 nitrogen and oxygen atoms in total. The summed E-state index contributed by atoms with van der Waals surface area (Å²) in [5.74, 6) is -1.85. The molecule has 104 valence electrons. The second-order valence-corrected chi connectivity index (χ2v) is 4.74. The topological polar surface area (TPSA) is 52.1 Å². The van der Waals surface area contributed by atoms with E-state index in [-0.39, 0.29) is 21.6 Å². The highest BCUT2D eigenvalue weighted by molar-refractivity contribution is 9.10. The summed E-state index contributed by atoms with van der Waals surface area (Å²) in [6.45, 7) is 0. The molecule has 0 fully saturated rings. The van der Waals surface area contributed by atoms with E-state index in [4.69, 9.17) is 4.74 Å². The summed E-state index contributed by atoms with van der Waals surface area (Å²) in [5.41, 5.74) is -0.286. The molecule has 2 aromatic rings. The van der Waals surface area contributed by atoms with Crippen LogP contribution in [0.1, 0.15) is 16.1 Å². The minimum Gasteiger partial charge on any atom is -0.480 e. The number of methoxy groups -OCH3 is 1. The summed E-state index contributed by atoms with van der Waals surface area (Å²) >= 11 is 2.95. The first-order chi connectivity index (χ1) is 9.52. The van der Waals surface area contributed by atoms with Crippen molar-refractivity contribution in [3.8, 4) is 5.88 Å². The van der Waals surface area contributed by atoms with E-state index in [1.807, 2.05) is 0 Å². The Morgan fingerprint density at radius 2 is 2.00 bits per heavy atom. The van der Waals surface area contributed by atoms with Crippen molar-refractivity contribution in [2.45, 2.75) is 6.42 Å². The van der Waals surface area contributed by atoms with Crippen molar-refractivity contribution >= 4 is 21.7 Å². The SMILES string of the molecule is COc1ccc(C(=O)Cc2c(F)ccc(Br)c2F)nn1. The summed E-state index contributed by atoms with van der Waals surface area (Å²) < 4.78 is 32.2. The highest BCUT2D eigenvalue weighted by Crippen LogP contribution is 2.22. The van der Waals surface area contributed by atoms with Crippen LogP contribution in [0, 0.1) is 11.6 Å². The zero-order valence-corrected chi connectivity index (χ0v) is 11.9. The van der Waals surface area contributed by atoms with Gasteiger partial charge in [0.15, 0.2) is 5.78 Å². The van der Waals surface area contributed by atoms with Crippen molar-refractivity contribution < 1.29 is 18.3 Å². The van der Waals surface area contributed by atoms with E-state index in [9.17, 15) is 13.6 Å². The molecule has 0 aliphatic carbocycles. The molecule has 0 aliphatic heterocycles. The fraction of sp³-hybridized carbons (Fsp3) is 0.154. The van der Waals surface area contributed by atoms with E-state index in [0.29, 0.717) is 0 Å². The van der Waals surface area contributed by atoms with Crippen LogP contribution in [-0.4, -0.2) is 23.1 Å². The van der Waals surface area contributed by atoms with Crippen molar-refractivity contribution in [1.82, 2.24) is 10.2 Å². The minimum absolute atomic E-state index is 0.0181. The highest BCUT2D eigenvalue weighted by atomic mass is 79.9. The van der Waals surface area contributed by atoms with E-state index in [2.05, 4.69) is 26.1 Å². The fourth-order valence-corrected chi connectivity index (χ4v) is 1.93. The lowest BCUT2D eigenvalue weighted by molar-refractivity contribution is 0.0984. The van der Waals surface area contributed by atoms with Gasteiger partial charge in [0, 0.05) is 18.1 Å². The molecule has 0 spiro atoms. The molecule has 1 aromatic heterocycles. The predicted octanol–water partition coefficient (Wildman–Crippen LogP) is 2.95. The van der Waals surface area contributed by atoms with Crippen LogP contribution in [0.25, 0.3) is 0 Å². The number of nitrogens with zero attached hydrogens (tertiary/aromatic N) is 2. The van der Waals surface area contributed by atoms with Crippen LogP contribution in [0.3, 0.4) is 0 Å². The third kappa shape index (κ3) is 2.98. The third-order valence-corrected chi connectivity index (χ3v) is 3.22. The van der Waals surface area contributed by atoms with Crippen molar-refractivity contribution in [3.63, 3.8) is 0 Å². The monoisotopic (exact) mass is 342 g/mol. The highest BCUT2D eigenvalue weighted by Gasteiger charge is 2.18. The van der Waals surface area contributed by atoms with E-state index in [1.54, 1.807) is 0 Å². The third-order valence-electron chi connectivity index (χ3n) is 2.61. The molecule has 2 rings (SSSR count). The maximum Gasteiger partial charge on any atom is 0.233 e. The van der Waals surface area contributed by atoms with Gasteiger partial charge in [-0.2, -0.15) is 0 Å². The molecule has 0 radical (unpaired) electrons. The van der Waals surface area contributed by atoms with Crippen molar-refractivity contribution in [1.29, 1.82) is 0 Å². The van der Waals surface area contributed by atoms with Crippen LogP contribution < -0.4 is 4.74 Å². The molecule has 0 unspecified atom stereocenters. The summed E-state index contributed by atoms with van der Waals surface area (Å²) in [5, 5.41) is 7.28. The number of halogens is 3. The van der Waals surface area contributed by atoms with E-state index < -0.39 is 23.8 Å². The lowest BCUT2D eigenvalue weighted by Crippen LogP contribution is -2.10. The number of ether oxygens (including phenoxy) is 1. The van der Waals surface area contributed by atoms with Gasteiger partial charge in [-0.1, -0.05) is 0 Å². The van der Waals surface area contributed by atoms with Crippen molar-refractivity contribution in [2.75, 3.05) is 7.11 Å². The Morgan fingerprint density at radius 3 is 2.60 bits per heavy atom. The van der Waals surface area contributed by atoms with Gasteiger partial charge < -0.3 is 4.74 Å². The zero-order chi connectivity index (χ0) is 14.7. The van der Waals surface area contributed by atoms with Crippen LogP contribution in [0.15, 0.2) is 28.7 Å². The van der Waals surface area contributed by atoms with E-state index >= 15 is 0 Å². The Hall–Kier alpha value is -1.89. The Balaban J connectivity index is 2.25. The summed E-state index contributed by atoms with van der Waals surface area (Å²) in [6.07, 6.45) is -0.432. The molecule has 1 aromatic carbocycles. The Morgan fingerprint density at radius 1 is 1.25 bits per heavy atom. The molecular formula is C13H9BrF2N2O2. The Labute approximate surface area is 121 Å². The minimum atomic E-state index is -0.792. The maximum absolute atomic E-state index is 13.8. The molecule has 7 heteroatoms. The number of hydrogen-bond donors (Lipinski definition) is 0. The van der Waals surface area contributed by atoms with Gasteiger partial charge >= 0.3 is 0 Å². The lowest BCUT2D eigenvalue weighted by Gasteiger charge is -2.05. The lowest BCUT2D eigenvalue weighted by atomic mass is 10.1. The number of carbonyl (C=O) groups is 1. The largest absolute Gasteiger partial charge is 0.480 e. The number of benzene rings is 1.